The summed E-state index contributed by atoms with van der Waals surface area (Å²) >= 11 is 0. The molecule has 34 heavy (non-hydrogen) atoms. The number of carboxylic acids is 1. The molecule has 2 amide bonds. The van der Waals surface area contributed by atoms with Crippen LogP contribution in [0.4, 0.5) is 4.79 Å². The van der Waals surface area contributed by atoms with Crippen molar-refractivity contribution < 1.29 is 24.2 Å². The van der Waals surface area contributed by atoms with Crippen LogP contribution < -0.4 is 10.6 Å². The number of hydrogen-bond acceptors (Lipinski definition) is 4. The predicted octanol–water partition coefficient (Wildman–Crippen LogP) is 4.21. The van der Waals surface area contributed by atoms with E-state index in [1.54, 1.807) is 0 Å². The van der Waals surface area contributed by atoms with Gasteiger partial charge in [-0.1, -0.05) is 67.8 Å². The molecule has 7 heteroatoms. The van der Waals surface area contributed by atoms with Crippen molar-refractivity contribution in [3.63, 3.8) is 0 Å². The third-order valence-electron chi connectivity index (χ3n) is 7.52. The number of ether oxygens (including phenoxy) is 1. The third-order valence-corrected chi connectivity index (χ3v) is 7.52. The zero-order valence-electron chi connectivity index (χ0n) is 19.1. The minimum Gasteiger partial charge on any atom is -0.481 e. The van der Waals surface area contributed by atoms with E-state index >= 15 is 0 Å². The molecule has 2 saturated carbocycles. The van der Waals surface area contributed by atoms with Crippen molar-refractivity contribution in [2.45, 2.75) is 62.4 Å². The van der Waals surface area contributed by atoms with Crippen LogP contribution in [0, 0.1) is 5.92 Å². The van der Waals surface area contributed by atoms with Crippen molar-refractivity contribution in [3.05, 3.63) is 59.7 Å². The summed E-state index contributed by atoms with van der Waals surface area (Å²) in [6.07, 6.45) is 4.34. The molecule has 2 unspecified atom stereocenters. The first kappa shape index (κ1) is 22.4. The summed E-state index contributed by atoms with van der Waals surface area (Å²) in [7, 11) is 0. The Morgan fingerprint density at radius 3 is 2.15 bits per heavy atom. The molecule has 0 heterocycles. The van der Waals surface area contributed by atoms with Gasteiger partial charge in [0.2, 0.25) is 5.91 Å². The maximum absolute atomic E-state index is 13.0. The van der Waals surface area contributed by atoms with Gasteiger partial charge in [-0.3, -0.25) is 9.59 Å². The van der Waals surface area contributed by atoms with Gasteiger partial charge in [-0.05, 0) is 47.9 Å². The van der Waals surface area contributed by atoms with Gasteiger partial charge in [-0.15, -0.1) is 0 Å². The van der Waals surface area contributed by atoms with Crippen LogP contribution in [0.2, 0.25) is 0 Å². The monoisotopic (exact) mass is 462 g/mol. The number of aliphatic carboxylic acids is 1. The Morgan fingerprint density at radius 2 is 1.53 bits per heavy atom. The second-order valence-corrected chi connectivity index (χ2v) is 9.70. The molecule has 2 aromatic rings. The molecule has 7 nitrogen and oxygen atoms in total. The number of carboxylic acid groups (broad SMARTS) is 1. The highest BCUT2D eigenvalue weighted by Gasteiger charge is 2.52. The van der Waals surface area contributed by atoms with Gasteiger partial charge in [-0.25, -0.2) is 4.79 Å². The van der Waals surface area contributed by atoms with E-state index in [2.05, 4.69) is 34.9 Å². The van der Waals surface area contributed by atoms with Crippen LogP contribution in [0.1, 0.15) is 62.0 Å². The molecule has 0 saturated heterocycles. The lowest BCUT2D eigenvalue weighted by Crippen LogP contribution is -2.54. The highest BCUT2D eigenvalue weighted by molar-refractivity contribution is 5.93. The quantitative estimate of drug-likeness (QED) is 0.558. The fraction of sp³-hybridized carbons (Fsp3) is 0.444. The molecule has 0 aliphatic heterocycles. The van der Waals surface area contributed by atoms with Crippen molar-refractivity contribution in [3.8, 4) is 11.1 Å². The SMILES string of the molecule is O=C(NC1(C(=O)NC2CCCCCC2C(=O)O)CC1)OCC1c2ccccc2-c2ccccc21. The second-order valence-electron chi connectivity index (χ2n) is 9.70. The van der Waals surface area contributed by atoms with E-state index in [-0.39, 0.29) is 18.4 Å². The lowest BCUT2D eigenvalue weighted by atomic mass is 9.94. The molecular weight excluding hydrogens is 432 g/mol. The minimum atomic E-state index is -1.00. The fourth-order valence-electron chi connectivity index (χ4n) is 5.45. The highest BCUT2D eigenvalue weighted by atomic mass is 16.5. The normalized spacial score (nSPS) is 22.6. The molecule has 3 N–H and O–H groups in total. The van der Waals surface area contributed by atoms with Crippen molar-refractivity contribution in [2.24, 2.45) is 5.92 Å². The smallest absolute Gasteiger partial charge is 0.408 e. The molecule has 0 bridgehead atoms. The van der Waals surface area contributed by atoms with E-state index in [0.29, 0.717) is 25.7 Å². The number of benzene rings is 2. The van der Waals surface area contributed by atoms with E-state index in [1.807, 2.05) is 24.3 Å². The number of alkyl carbamates (subject to hydrolysis) is 1. The van der Waals surface area contributed by atoms with E-state index in [9.17, 15) is 19.5 Å². The number of fused-ring (bicyclic) bond motifs is 3. The van der Waals surface area contributed by atoms with E-state index < -0.39 is 29.6 Å². The fourth-order valence-corrected chi connectivity index (χ4v) is 5.45. The Morgan fingerprint density at radius 1 is 0.912 bits per heavy atom. The molecule has 2 atom stereocenters. The van der Waals surface area contributed by atoms with Gasteiger partial charge in [0.15, 0.2) is 0 Å². The van der Waals surface area contributed by atoms with Crippen molar-refractivity contribution >= 4 is 18.0 Å². The molecular formula is C27H30N2O5. The Balaban J connectivity index is 1.21. The largest absolute Gasteiger partial charge is 0.481 e. The van der Waals surface area contributed by atoms with Crippen LogP contribution in [0.5, 0.6) is 0 Å². The number of carbonyl (C=O) groups excluding carboxylic acids is 2. The second kappa shape index (κ2) is 9.12. The van der Waals surface area contributed by atoms with Gasteiger partial charge in [-0.2, -0.15) is 0 Å². The first-order valence-corrected chi connectivity index (χ1v) is 12.2. The molecule has 0 radical (unpaired) electrons. The molecule has 3 aliphatic rings. The number of hydrogen-bond donors (Lipinski definition) is 3. The first-order chi connectivity index (χ1) is 16.5. The average Bonchev–Trinajstić information content (AvgIpc) is 3.59. The molecule has 2 aromatic carbocycles. The lowest BCUT2D eigenvalue weighted by molar-refractivity contribution is -0.143. The Bertz CT molecular complexity index is 1060. The van der Waals surface area contributed by atoms with Crippen molar-refractivity contribution in [1.29, 1.82) is 0 Å². The molecule has 0 spiro atoms. The average molecular weight is 463 g/mol. The van der Waals surface area contributed by atoms with Crippen LogP contribution in [-0.2, 0) is 14.3 Å². The molecule has 178 valence electrons. The van der Waals surface area contributed by atoms with Crippen LogP contribution in [0.25, 0.3) is 11.1 Å². The van der Waals surface area contributed by atoms with Crippen LogP contribution in [0.3, 0.4) is 0 Å². The number of carbonyl (C=O) groups is 3. The summed E-state index contributed by atoms with van der Waals surface area (Å²) in [5, 5.41) is 15.3. The first-order valence-electron chi connectivity index (χ1n) is 12.2. The molecule has 3 aliphatic carbocycles. The van der Waals surface area contributed by atoms with Crippen LogP contribution in [-0.4, -0.2) is 41.3 Å². The van der Waals surface area contributed by atoms with E-state index in [1.165, 1.54) is 0 Å². The summed E-state index contributed by atoms with van der Waals surface area (Å²) < 4.78 is 5.61. The molecule has 5 rings (SSSR count). The number of amides is 2. The minimum absolute atomic E-state index is 0.0514. The van der Waals surface area contributed by atoms with E-state index in [0.717, 1.165) is 41.5 Å². The summed E-state index contributed by atoms with van der Waals surface area (Å²) in [5.74, 6) is -1.82. The zero-order chi connectivity index (χ0) is 23.7. The summed E-state index contributed by atoms with van der Waals surface area (Å²) in [6.45, 7) is 0.182. The van der Waals surface area contributed by atoms with Gasteiger partial charge in [0.1, 0.15) is 12.1 Å². The van der Waals surface area contributed by atoms with Crippen molar-refractivity contribution in [1.82, 2.24) is 10.6 Å². The Labute approximate surface area is 198 Å². The van der Waals surface area contributed by atoms with Gasteiger partial charge in [0.05, 0.1) is 5.92 Å². The third kappa shape index (κ3) is 4.27. The predicted molar refractivity (Wildman–Crippen MR) is 126 cm³/mol. The summed E-state index contributed by atoms with van der Waals surface area (Å²) in [4.78, 5) is 37.4. The van der Waals surface area contributed by atoms with E-state index in [4.69, 9.17) is 4.74 Å². The Kier molecular flexibility index (Phi) is 6.02. The topological polar surface area (TPSA) is 105 Å². The molecule has 0 aromatic heterocycles. The van der Waals surface area contributed by atoms with Crippen molar-refractivity contribution in [2.75, 3.05) is 6.61 Å². The van der Waals surface area contributed by atoms with Gasteiger partial charge in [0.25, 0.3) is 0 Å². The summed E-state index contributed by atoms with van der Waals surface area (Å²) in [6, 6.07) is 15.8. The molecule has 2 fully saturated rings. The highest BCUT2D eigenvalue weighted by Crippen LogP contribution is 2.44. The maximum Gasteiger partial charge on any atom is 0.408 e. The van der Waals surface area contributed by atoms with Crippen LogP contribution in [0.15, 0.2) is 48.5 Å². The van der Waals surface area contributed by atoms with Crippen LogP contribution >= 0.6 is 0 Å². The number of nitrogens with one attached hydrogen (secondary N) is 2. The van der Waals surface area contributed by atoms with Gasteiger partial charge in [0, 0.05) is 12.0 Å². The van der Waals surface area contributed by atoms with Gasteiger partial charge >= 0.3 is 12.1 Å². The zero-order valence-corrected chi connectivity index (χ0v) is 19.1. The maximum atomic E-state index is 13.0. The number of rotatable bonds is 6. The summed E-state index contributed by atoms with van der Waals surface area (Å²) in [5.41, 5.74) is 3.56. The Hall–Kier alpha value is -3.35. The van der Waals surface area contributed by atoms with Gasteiger partial charge < -0.3 is 20.5 Å². The standard InChI is InChI=1S/C27H30N2O5/c30-24(31)21-12-2-1-3-13-23(21)28-25(32)27(14-15-27)29-26(33)34-16-22-19-10-6-4-8-17(19)18-9-5-7-11-20(18)22/h4-11,21-23H,1-3,12-16H2,(H,28,32)(H,29,33)(H,30,31). The lowest BCUT2D eigenvalue weighted by Gasteiger charge is -2.26.